The molecule has 0 spiro atoms. The second-order valence-electron chi connectivity index (χ2n) is 12.3. The molecule has 2 atom stereocenters. The number of aryl methyl sites for hydroxylation is 1. The maximum absolute atomic E-state index is 11.3. The zero-order valence-corrected chi connectivity index (χ0v) is 23.1. The van der Waals surface area contributed by atoms with Crippen molar-refractivity contribution in [3.8, 4) is 6.07 Å². The van der Waals surface area contributed by atoms with Gasteiger partial charge in [-0.25, -0.2) is 0 Å². The monoisotopic (exact) mass is 525 g/mol. The maximum Gasteiger partial charge on any atom is 0.168 e. The van der Waals surface area contributed by atoms with E-state index >= 15 is 0 Å². The fraction of sp³-hybridized carbons (Fsp3) is 0.548. The van der Waals surface area contributed by atoms with Crippen LogP contribution in [0.2, 0.25) is 0 Å². The van der Waals surface area contributed by atoms with E-state index in [9.17, 15) is 10.4 Å². The summed E-state index contributed by atoms with van der Waals surface area (Å²) in [6, 6.07) is 15.0. The van der Waals surface area contributed by atoms with Crippen LogP contribution in [0.25, 0.3) is 0 Å². The van der Waals surface area contributed by atoms with Crippen LogP contribution in [0.3, 0.4) is 0 Å². The molecule has 0 amide bonds. The van der Waals surface area contributed by atoms with Crippen LogP contribution in [-0.2, 0) is 25.4 Å². The van der Waals surface area contributed by atoms with Crippen LogP contribution in [0.5, 0.6) is 0 Å². The van der Waals surface area contributed by atoms with E-state index < -0.39 is 6.23 Å². The molecule has 39 heavy (non-hydrogen) atoms. The molecule has 1 saturated heterocycles. The normalized spacial score (nSPS) is 26.0. The first-order valence-corrected chi connectivity index (χ1v) is 14.4. The van der Waals surface area contributed by atoms with Crippen molar-refractivity contribution in [3.05, 3.63) is 71.1 Å². The van der Waals surface area contributed by atoms with E-state index in [-0.39, 0.29) is 11.3 Å². The standard InChI is InChI=1S/C31H39N7O/c1-21-5-4-10-38(18-21)19-22-11-27(24-8-9-24)35-28(12-22)30(39)34-26-7-3-6-25(13-26)31(14-23(15-31)17-32)16-29-36-33-20-37(29)2/h3,6-7,11-13,20-21,23-24,30,34,39H,4-5,8-10,14-16,18-19H2,1-2H3/t21-,23?,30?,31?/m0/s1. The number of rotatable bonds is 9. The minimum atomic E-state index is -0.902. The predicted octanol–water partition coefficient (Wildman–Crippen LogP) is 4.84. The summed E-state index contributed by atoms with van der Waals surface area (Å²) in [5.41, 5.74) is 4.89. The third-order valence-electron chi connectivity index (χ3n) is 8.88. The van der Waals surface area contributed by atoms with E-state index in [1.807, 2.05) is 23.7 Å². The van der Waals surface area contributed by atoms with Crippen LogP contribution in [0.4, 0.5) is 5.69 Å². The Bertz CT molecular complexity index is 1350. The van der Waals surface area contributed by atoms with Crippen LogP contribution in [0.1, 0.15) is 85.9 Å². The number of anilines is 1. The van der Waals surface area contributed by atoms with Gasteiger partial charge in [0, 0.05) is 55.2 Å². The van der Waals surface area contributed by atoms with E-state index in [0.29, 0.717) is 11.6 Å². The molecule has 2 saturated carbocycles. The van der Waals surface area contributed by atoms with Gasteiger partial charge in [-0.3, -0.25) is 9.88 Å². The van der Waals surface area contributed by atoms with Gasteiger partial charge < -0.3 is 15.0 Å². The number of aliphatic hydroxyl groups excluding tert-OH is 1. The number of aliphatic hydroxyl groups is 1. The molecule has 2 aliphatic carbocycles. The minimum absolute atomic E-state index is 0.0520. The lowest BCUT2D eigenvalue weighted by atomic mass is 9.57. The van der Waals surface area contributed by atoms with Crippen LogP contribution in [0, 0.1) is 23.2 Å². The first-order chi connectivity index (χ1) is 18.9. The van der Waals surface area contributed by atoms with E-state index in [0.717, 1.165) is 67.6 Å². The highest BCUT2D eigenvalue weighted by Gasteiger charge is 2.46. The highest BCUT2D eigenvalue weighted by molar-refractivity contribution is 5.50. The molecule has 8 nitrogen and oxygen atoms in total. The summed E-state index contributed by atoms with van der Waals surface area (Å²) >= 11 is 0. The lowest BCUT2D eigenvalue weighted by Crippen LogP contribution is -2.43. The predicted molar refractivity (Wildman–Crippen MR) is 150 cm³/mol. The second kappa shape index (κ2) is 10.7. The highest BCUT2D eigenvalue weighted by Crippen LogP contribution is 2.50. The van der Waals surface area contributed by atoms with Gasteiger partial charge in [0.1, 0.15) is 12.2 Å². The number of nitrogens with one attached hydrogen (secondary N) is 1. The molecule has 8 heteroatoms. The molecule has 1 aromatic carbocycles. The third kappa shape index (κ3) is 5.70. The summed E-state index contributed by atoms with van der Waals surface area (Å²) in [4.78, 5) is 7.43. The van der Waals surface area contributed by atoms with Gasteiger partial charge in [0.2, 0.25) is 0 Å². The SMILES string of the molecule is C[C@H]1CCCN(Cc2cc(C3CC3)nc(C(O)Nc3cccc(C4(Cc5nncn5C)CC(C#N)C4)c3)c2)C1. The quantitative estimate of drug-likeness (QED) is 0.386. The molecule has 1 unspecified atom stereocenters. The number of benzene rings is 1. The lowest BCUT2D eigenvalue weighted by molar-refractivity contribution is 0.175. The number of likely N-dealkylation sites (tertiary alicyclic amines) is 1. The average molecular weight is 526 g/mol. The van der Waals surface area contributed by atoms with Crippen molar-refractivity contribution in [2.75, 3.05) is 18.4 Å². The number of hydrogen-bond acceptors (Lipinski definition) is 7. The summed E-state index contributed by atoms with van der Waals surface area (Å²) in [5, 5.41) is 32.5. The molecular formula is C31H39N7O. The third-order valence-corrected chi connectivity index (χ3v) is 8.88. The molecule has 1 aliphatic heterocycles. The Morgan fingerprint density at radius 1 is 1.21 bits per heavy atom. The number of pyridine rings is 1. The Labute approximate surface area is 231 Å². The Morgan fingerprint density at radius 2 is 2.05 bits per heavy atom. The Kier molecular flexibility index (Phi) is 7.13. The zero-order valence-electron chi connectivity index (χ0n) is 23.1. The van der Waals surface area contributed by atoms with E-state index in [2.05, 4.69) is 57.7 Å². The van der Waals surface area contributed by atoms with Gasteiger partial charge in [-0.2, -0.15) is 5.26 Å². The van der Waals surface area contributed by atoms with Gasteiger partial charge in [-0.05, 0) is 86.4 Å². The Morgan fingerprint density at radius 3 is 2.77 bits per heavy atom. The van der Waals surface area contributed by atoms with E-state index in [1.54, 1.807) is 6.33 Å². The van der Waals surface area contributed by atoms with Gasteiger partial charge in [0.05, 0.1) is 11.8 Å². The van der Waals surface area contributed by atoms with Gasteiger partial charge in [0.15, 0.2) is 6.23 Å². The van der Waals surface area contributed by atoms with Crippen molar-refractivity contribution >= 4 is 5.69 Å². The molecule has 3 aromatic rings. The average Bonchev–Trinajstić information content (AvgIpc) is 3.68. The van der Waals surface area contributed by atoms with Crippen molar-refractivity contribution in [1.29, 1.82) is 5.26 Å². The number of hydrogen-bond donors (Lipinski definition) is 2. The topological polar surface area (TPSA) is 103 Å². The molecule has 3 aliphatic rings. The van der Waals surface area contributed by atoms with Crippen LogP contribution < -0.4 is 5.32 Å². The van der Waals surface area contributed by atoms with Crippen LogP contribution in [-0.4, -0.2) is 42.8 Å². The van der Waals surface area contributed by atoms with Gasteiger partial charge in [-0.15, -0.1) is 10.2 Å². The highest BCUT2D eigenvalue weighted by atomic mass is 16.3. The van der Waals surface area contributed by atoms with Gasteiger partial charge in [-0.1, -0.05) is 19.1 Å². The lowest BCUT2D eigenvalue weighted by Gasteiger charge is -2.45. The number of piperidine rings is 1. The molecule has 0 bridgehead atoms. The van der Waals surface area contributed by atoms with Gasteiger partial charge in [0.25, 0.3) is 0 Å². The van der Waals surface area contributed by atoms with Gasteiger partial charge >= 0.3 is 0 Å². The first kappa shape index (κ1) is 26.0. The smallest absolute Gasteiger partial charge is 0.168 e. The van der Waals surface area contributed by atoms with Crippen molar-refractivity contribution < 1.29 is 5.11 Å². The number of aromatic nitrogens is 4. The molecule has 0 radical (unpaired) electrons. The summed E-state index contributed by atoms with van der Waals surface area (Å²) in [6.07, 6.45) is 8.07. The molecule has 6 rings (SSSR count). The summed E-state index contributed by atoms with van der Waals surface area (Å²) in [5.74, 6) is 2.22. The molecule has 3 fully saturated rings. The summed E-state index contributed by atoms with van der Waals surface area (Å²) < 4.78 is 1.95. The molecule has 2 N–H and O–H groups in total. The van der Waals surface area contributed by atoms with E-state index in [1.165, 1.54) is 31.2 Å². The Hall–Kier alpha value is -3.28. The van der Waals surface area contributed by atoms with Crippen LogP contribution >= 0.6 is 0 Å². The molecule has 204 valence electrons. The number of nitrogens with zero attached hydrogens (tertiary/aromatic N) is 6. The zero-order chi connectivity index (χ0) is 27.0. The second-order valence-corrected chi connectivity index (χ2v) is 12.3. The minimum Gasteiger partial charge on any atom is -0.368 e. The Balaban J connectivity index is 1.22. The fourth-order valence-corrected chi connectivity index (χ4v) is 6.54. The summed E-state index contributed by atoms with van der Waals surface area (Å²) in [7, 11) is 1.96. The van der Waals surface area contributed by atoms with Crippen molar-refractivity contribution in [3.63, 3.8) is 0 Å². The number of nitriles is 1. The first-order valence-electron chi connectivity index (χ1n) is 14.4. The van der Waals surface area contributed by atoms with Crippen LogP contribution in [0.15, 0.2) is 42.7 Å². The largest absolute Gasteiger partial charge is 0.368 e. The van der Waals surface area contributed by atoms with Crippen molar-refractivity contribution in [2.24, 2.45) is 18.9 Å². The summed E-state index contributed by atoms with van der Waals surface area (Å²) in [6.45, 7) is 5.51. The van der Waals surface area contributed by atoms with E-state index in [4.69, 9.17) is 4.98 Å². The van der Waals surface area contributed by atoms with Crippen molar-refractivity contribution in [2.45, 2.75) is 76.0 Å². The maximum atomic E-state index is 11.3. The fourth-order valence-electron chi connectivity index (χ4n) is 6.54. The van der Waals surface area contributed by atoms with Crippen molar-refractivity contribution in [1.82, 2.24) is 24.6 Å². The molecular weight excluding hydrogens is 486 g/mol. The molecule has 2 aromatic heterocycles. The molecule has 3 heterocycles.